The Morgan fingerprint density at radius 3 is 2.73 bits per heavy atom. The fraction of sp³-hybridized carbons (Fsp3) is 0.455. The van der Waals surface area contributed by atoms with Crippen LogP contribution in [-0.2, 0) is 5.41 Å². The van der Waals surface area contributed by atoms with Crippen LogP contribution in [0.25, 0.3) is 0 Å². The third kappa shape index (κ3) is 1.51. The highest BCUT2D eigenvalue weighted by Crippen LogP contribution is 2.45. The molecule has 0 saturated carbocycles. The highest BCUT2D eigenvalue weighted by atomic mass is 16.7. The average molecular weight is 210 g/mol. The number of ether oxygens (including phenoxy) is 2. The van der Waals surface area contributed by atoms with Gasteiger partial charge in [-0.25, -0.2) is 0 Å². The van der Waals surface area contributed by atoms with Gasteiger partial charge in [0.05, 0.1) is 6.61 Å². The number of hydrogen-bond acceptors (Lipinski definition) is 4. The molecule has 0 aromatic heterocycles. The maximum absolute atomic E-state index is 9.96. The molecular formula is C11H14O4. The summed E-state index contributed by atoms with van der Waals surface area (Å²) in [5.74, 6) is 0.975. The van der Waals surface area contributed by atoms with Gasteiger partial charge >= 0.3 is 0 Å². The molecule has 82 valence electrons. The zero-order valence-corrected chi connectivity index (χ0v) is 8.78. The monoisotopic (exact) mass is 210 g/mol. The second-order valence-electron chi connectivity index (χ2n) is 4.24. The van der Waals surface area contributed by atoms with Gasteiger partial charge in [-0.15, -0.1) is 0 Å². The Hall–Kier alpha value is -1.42. The van der Waals surface area contributed by atoms with Crippen LogP contribution in [0.1, 0.15) is 19.4 Å². The van der Waals surface area contributed by atoms with E-state index in [4.69, 9.17) is 9.47 Å². The van der Waals surface area contributed by atoms with Crippen LogP contribution in [-0.4, -0.2) is 23.6 Å². The van der Waals surface area contributed by atoms with Crippen LogP contribution in [0.3, 0.4) is 0 Å². The summed E-state index contributed by atoms with van der Waals surface area (Å²) in [5, 5.41) is 19.2. The van der Waals surface area contributed by atoms with Crippen molar-refractivity contribution in [1.82, 2.24) is 0 Å². The summed E-state index contributed by atoms with van der Waals surface area (Å²) in [6.07, 6.45) is 0. The predicted octanol–water partition coefficient (Wildman–Crippen LogP) is 1.39. The minimum Gasteiger partial charge on any atom is -0.504 e. The lowest BCUT2D eigenvalue weighted by Crippen LogP contribution is -2.22. The van der Waals surface area contributed by atoms with Crippen LogP contribution in [0.2, 0.25) is 0 Å². The second kappa shape index (κ2) is 3.31. The van der Waals surface area contributed by atoms with E-state index in [-0.39, 0.29) is 19.1 Å². The van der Waals surface area contributed by atoms with Gasteiger partial charge in [0.1, 0.15) is 0 Å². The SMILES string of the molecule is CC(C)(CO)c1ccc2c(c1O)OCO2. The minimum atomic E-state index is -0.495. The summed E-state index contributed by atoms with van der Waals surface area (Å²) in [4.78, 5) is 0. The molecule has 1 aromatic carbocycles. The fourth-order valence-electron chi connectivity index (χ4n) is 1.59. The molecule has 4 nitrogen and oxygen atoms in total. The number of phenolic OH excluding ortho intramolecular Hbond substituents is 1. The van der Waals surface area contributed by atoms with Crippen molar-refractivity contribution in [2.75, 3.05) is 13.4 Å². The highest BCUT2D eigenvalue weighted by molar-refractivity contribution is 5.57. The third-order valence-electron chi connectivity index (χ3n) is 2.64. The van der Waals surface area contributed by atoms with Crippen LogP contribution in [0.4, 0.5) is 0 Å². The molecule has 1 aliphatic heterocycles. The van der Waals surface area contributed by atoms with E-state index in [0.29, 0.717) is 17.1 Å². The Balaban J connectivity index is 2.51. The van der Waals surface area contributed by atoms with Crippen molar-refractivity contribution in [1.29, 1.82) is 0 Å². The topological polar surface area (TPSA) is 58.9 Å². The smallest absolute Gasteiger partial charge is 0.231 e. The van der Waals surface area contributed by atoms with Crippen LogP contribution in [0, 0.1) is 0 Å². The summed E-state index contributed by atoms with van der Waals surface area (Å²) >= 11 is 0. The molecule has 0 saturated heterocycles. The van der Waals surface area contributed by atoms with E-state index in [9.17, 15) is 10.2 Å². The molecule has 2 N–H and O–H groups in total. The summed E-state index contributed by atoms with van der Waals surface area (Å²) in [6, 6.07) is 3.49. The Morgan fingerprint density at radius 1 is 1.33 bits per heavy atom. The molecule has 0 atom stereocenters. The number of benzene rings is 1. The Bertz CT molecular complexity index is 384. The van der Waals surface area contributed by atoms with Crippen molar-refractivity contribution in [3.63, 3.8) is 0 Å². The molecule has 0 aliphatic carbocycles. The van der Waals surface area contributed by atoms with Gasteiger partial charge in [-0.05, 0) is 6.07 Å². The molecule has 1 aromatic rings. The molecule has 0 amide bonds. The van der Waals surface area contributed by atoms with E-state index in [1.54, 1.807) is 12.1 Å². The lowest BCUT2D eigenvalue weighted by atomic mass is 9.84. The maximum atomic E-state index is 9.96. The summed E-state index contributed by atoms with van der Waals surface area (Å²) in [6.45, 7) is 3.79. The van der Waals surface area contributed by atoms with Gasteiger partial charge in [-0.3, -0.25) is 0 Å². The van der Waals surface area contributed by atoms with Gasteiger partial charge in [0.25, 0.3) is 0 Å². The van der Waals surface area contributed by atoms with E-state index >= 15 is 0 Å². The van der Waals surface area contributed by atoms with Crippen molar-refractivity contribution in [3.8, 4) is 17.2 Å². The first kappa shape index (κ1) is 10.1. The van der Waals surface area contributed by atoms with Crippen molar-refractivity contribution in [2.24, 2.45) is 0 Å². The minimum absolute atomic E-state index is 0.0415. The second-order valence-corrected chi connectivity index (χ2v) is 4.24. The quantitative estimate of drug-likeness (QED) is 0.774. The molecule has 0 unspecified atom stereocenters. The largest absolute Gasteiger partial charge is 0.504 e. The molecule has 1 heterocycles. The number of hydrogen-bond donors (Lipinski definition) is 2. The molecule has 0 radical (unpaired) electrons. The molecule has 2 rings (SSSR count). The maximum Gasteiger partial charge on any atom is 0.231 e. The van der Waals surface area contributed by atoms with Crippen LogP contribution in [0.15, 0.2) is 12.1 Å². The lowest BCUT2D eigenvalue weighted by Gasteiger charge is -2.23. The van der Waals surface area contributed by atoms with Gasteiger partial charge < -0.3 is 19.7 Å². The van der Waals surface area contributed by atoms with E-state index in [1.165, 1.54) is 0 Å². The fourth-order valence-corrected chi connectivity index (χ4v) is 1.59. The zero-order chi connectivity index (χ0) is 11.1. The average Bonchev–Trinajstić information content (AvgIpc) is 2.66. The number of rotatable bonds is 2. The van der Waals surface area contributed by atoms with Gasteiger partial charge in [-0.2, -0.15) is 0 Å². The predicted molar refractivity (Wildman–Crippen MR) is 54.3 cm³/mol. The molecule has 0 spiro atoms. The van der Waals surface area contributed by atoms with Gasteiger partial charge in [0, 0.05) is 11.0 Å². The van der Waals surface area contributed by atoms with Gasteiger partial charge in [0.2, 0.25) is 12.5 Å². The molecule has 0 fully saturated rings. The molecule has 0 bridgehead atoms. The molecule has 1 aliphatic rings. The number of aliphatic hydroxyl groups excluding tert-OH is 1. The standard InChI is InChI=1S/C11H14O4/c1-11(2,5-12)7-3-4-8-10(9(7)13)15-6-14-8/h3-4,12-13H,5-6H2,1-2H3. The molecular weight excluding hydrogens is 196 g/mol. The Labute approximate surface area is 88.1 Å². The van der Waals surface area contributed by atoms with Gasteiger partial charge in [-0.1, -0.05) is 19.9 Å². The molecule has 15 heavy (non-hydrogen) atoms. The number of fused-ring (bicyclic) bond motifs is 1. The van der Waals surface area contributed by atoms with E-state index in [0.717, 1.165) is 0 Å². The first-order valence-corrected chi connectivity index (χ1v) is 4.79. The van der Waals surface area contributed by atoms with E-state index in [2.05, 4.69) is 0 Å². The Morgan fingerprint density at radius 2 is 2.07 bits per heavy atom. The third-order valence-corrected chi connectivity index (χ3v) is 2.64. The first-order valence-electron chi connectivity index (χ1n) is 4.79. The summed E-state index contributed by atoms with van der Waals surface area (Å²) < 4.78 is 10.3. The summed E-state index contributed by atoms with van der Waals surface area (Å²) in [7, 11) is 0. The first-order chi connectivity index (χ1) is 7.06. The number of aliphatic hydroxyl groups is 1. The van der Waals surface area contributed by atoms with Crippen molar-refractivity contribution in [3.05, 3.63) is 17.7 Å². The highest BCUT2D eigenvalue weighted by Gasteiger charge is 2.28. The van der Waals surface area contributed by atoms with Crippen LogP contribution >= 0.6 is 0 Å². The zero-order valence-electron chi connectivity index (χ0n) is 8.78. The normalized spacial score (nSPS) is 14.3. The van der Waals surface area contributed by atoms with Gasteiger partial charge in [0.15, 0.2) is 11.5 Å². The molecule has 4 heteroatoms. The summed E-state index contributed by atoms with van der Waals surface area (Å²) in [5.41, 5.74) is 0.166. The Kier molecular flexibility index (Phi) is 2.23. The lowest BCUT2D eigenvalue weighted by molar-refractivity contribution is 0.170. The number of phenols is 1. The van der Waals surface area contributed by atoms with Crippen LogP contribution in [0.5, 0.6) is 17.2 Å². The van der Waals surface area contributed by atoms with E-state index < -0.39 is 5.41 Å². The van der Waals surface area contributed by atoms with Crippen molar-refractivity contribution < 1.29 is 19.7 Å². The van der Waals surface area contributed by atoms with Crippen molar-refractivity contribution >= 4 is 0 Å². The van der Waals surface area contributed by atoms with Crippen LogP contribution < -0.4 is 9.47 Å². The van der Waals surface area contributed by atoms with Crippen molar-refractivity contribution in [2.45, 2.75) is 19.3 Å². The number of aromatic hydroxyl groups is 1. The van der Waals surface area contributed by atoms with E-state index in [1.807, 2.05) is 13.8 Å².